The summed E-state index contributed by atoms with van der Waals surface area (Å²) >= 11 is 1.76. The van der Waals surface area contributed by atoms with Crippen molar-refractivity contribution < 1.29 is 57.1 Å². The zero-order valence-corrected chi connectivity index (χ0v) is 23.2. The lowest BCUT2D eigenvalue weighted by molar-refractivity contribution is -0.198. The molecule has 0 aromatic rings. The molecule has 0 unspecified atom stereocenters. The van der Waals surface area contributed by atoms with Crippen LogP contribution in [0.25, 0.3) is 0 Å². The third-order valence-corrected chi connectivity index (χ3v) is 5.26. The Labute approximate surface area is 228 Å². The molecule has 1 fully saturated rings. The first-order valence-electron chi connectivity index (χ1n) is 12.8. The number of thioether (sulfide) groups is 1. The molecule has 0 aromatic heterocycles. The molecule has 2 amide bonds. The van der Waals surface area contributed by atoms with Crippen LogP contribution in [0.5, 0.6) is 0 Å². The molecule has 0 aromatic carbocycles. The van der Waals surface area contributed by atoms with Gasteiger partial charge in [-0.05, 0) is 6.26 Å². The number of hydrogen-bond acceptors (Lipinski definition) is 13. The summed E-state index contributed by atoms with van der Waals surface area (Å²) in [5.41, 5.74) is 0. The molecule has 1 rings (SSSR count). The number of carbonyl (C=O) groups is 3. The van der Waals surface area contributed by atoms with Gasteiger partial charge in [-0.3, -0.25) is 9.59 Å². The minimum atomic E-state index is -0.693. The maximum atomic E-state index is 11.6. The fourth-order valence-corrected chi connectivity index (χ4v) is 3.03. The molecule has 0 N–H and O–H groups in total. The molecule has 0 radical (unpaired) electrons. The summed E-state index contributed by atoms with van der Waals surface area (Å²) in [4.78, 5) is 39.1. The molecule has 1 aliphatic heterocycles. The van der Waals surface area contributed by atoms with Crippen molar-refractivity contribution in [3.8, 4) is 0 Å². The molecule has 38 heavy (non-hydrogen) atoms. The second kappa shape index (κ2) is 25.9. The second-order valence-electron chi connectivity index (χ2n) is 7.69. The Morgan fingerprint density at radius 1 is 0.579 bits per heavy atom. The summed E-state index contributed by atoms with van der Waals surface area (Å²) in [6, 6.07) is 0. The van der Waals surface area contributed by atoms with Gasteiger partial charge in [-0.1, -0.05) is 0 Å². The van der Waals surface area contributed by atoms with E-state index >= 15 is 0 Å². The first-order valence-corrected chi connectivity index (χ1v) is 14.2. The lowest BCUT2D eigenvalue weighted by Crippen LogP contribution is -2.32. The lowest BCUT2D eigenvalue weighted by Gasteiger charge is -2.12. The molecule has 222 valence electrons. The van der Waals surface area contributed by atoms with Gasteiger partial charge in [0.05, 0.1) is 112 Å². The number of amides is 2. The molecule has 0 aliphatic carbocycles. The van der Waals surface area contributed by atoms with Crippen LogP contribution in [0, 0.1) is 0 Å². The Morgan fingerprint density at radius 3 is 1.24 bits per heavy atom. The van der Waals surface area contributed by atoms with Gasteiger partial charge in [0.1, 0.15) is 0 Å². The van der Waals surface area contributed by atoms with Crippen molar-refractivity contribution in [3.05, 3.63) is 0 Å². The van der Waals surface area contributed by atoms with Gasteiger partial charge in [0.25, 0.3) is 11.8 Å². The van der Waals surface area contributed by atoms with Crippen LogP contribution in [0.15, 0.2) is 0 Å². The molecule has 1 heterocycles. The Morgan fingerprint density at radius 2 is 0.895 bits per heavy atom. The van der Waals surface area contributed by atoms with E-state index in [0.717, 1.165) is 12.4 Å². The van der Waals surface area contributed by atoms with Crippen molar-refractivity contribution in [2.24, 2.45) is 0 Å². The number of hydroxylamine groups is 2. The van der Waals surface area contributed by atoms with Gasteiger partial charge in [-0.25, -0.2) is 4.79 Å². The predicted molar refractivity (Wildman–Crippen MR) is 137 cm³/mol. The van der Waals surface area contributed by atoms with Crippen LogP contribution >= 0.6 is 11.8 Å². The van der Waals surface area contributed by atoms with Gasteiger partial charge >= 0.3 is 5.97 Å². The SMILES string of the molecule is CSCCOCCOCCOCCOCCOCCOCCOCCOCCC(=O)ON1C(=O)CCC1=O. The average Bonchev–Trinajstić information content (AvgIpc) is 3.22. The Hall–Kier alpha value is -1.36. The molecule has 0 saturated carbocycles. The van der Waals surface area contributed by atoms with E-state index in [4.69, 9.17) is 42.7 Å². The molecule has 14 heteroatoms. The van der Waals surface area contributed by atoms with Gasteiger partial charge in [-0.15, -0.1) is 5.06 Å². The fourth-order valence-electron chi connectivity index (χ4n) is 2.74. The minimum absolute atomic E-state index is 0.0651. The molecule has 1 saturated heterocycles. The van der Waals surface area contributed by atoms with Crippen LogP contribution in [0.4, 0.5) is 0 Å². The maximum Gasteiger partial charge on any atom is 0.335 e. The largest absolute Gasteiger partial charge is 0.378 e. The molecule has 0 atom stereocenters. The van der Waals surface area contributed by atoms with Gasteiger partial charge in [-0.2, -0.15) is 11.8 Å². The van der Waals surface area contributed by atoms with E-state index < -0.39 is 17.8 Å². The quantitative estimate of drug-likeness (QED) is 0.0955. The van der Waals surface area contributed by atoms with E-state index in [-0.39, 0.29) is 25.9 Å². The highest BCUT2D eigenvalue weighted by molar-refractivity contribution is 7.98. The number of rotatable bonds is 28. The highest BCUT2D eigenvalue weighted by atomic mass is 32.2. The first kappa shape index (κ1) is 34.7. The van der Waals surface area contributed by atoms with Gasteiger partial charge in [0, 0.05) is 18.6 Å². The summed E-state index contributed by atoms with van der Waals surface area (Å²) < 4.78 is 43.1. The van der Waals surface area contributed by atoms with Crippen molar-refractivity contribution in [1.82, 2.24) is 5.06 Å². The molecule has 0 bridgehead atoms. The molecule has 0 spiro atoms. The molecule has 13 nitrogen and oxygen atoms in total. The van der Waals surface area contributed by atoms with Gasteiger partial charge in [0.2, 0.25) is 0 Å². The number of nitrogens with zero attached hydrogens (tertiary/aromatic N) is 1. The summed E-state index contributed by atoms with van der Waals surface area (Å²) in [5, 5.41) is 0.521. The number of carbonyl (C=O) groups excluding carboxylic acids is 3. The molecular formula is C24H43NO12S. The monoisotopic (exact) mass is 569 g/mol. The predicted octanol–water partition coefficient (Wildman–Crippen LogP) is 0.480. The third-order valence-electron chi connectivity index (χ3n) is 4.69. The zero-order chi connectivity index (χ0) is 27.5. The summed E-state index contributed by atoms with van der Waals surface area (Å²) in [6.07, 6.45) is 2.12. The average molecular weight is 570 g/mol. The number of ether oxygens (including phenoxy) is 8. The van der Waals surface area contributed by atoms with Gasteiger partial charge in [0.15, 0.2) is 0 Å². The maximum absolute atomic E-state index is 11.6. The number of imide groups is 1. The standard InChI is InChI=1S/C24H43NO12S/c1-38-21-20-36-19-18-35-17-16-34-15-14-33-13-12-32-11-10-31-9-8-30-7-6-29-5-4-24(28)37-25-22(26)2-3-23(25)27/h2-21H2,1H3. The molecule has 1 aliphatic rings. The third kappa shape index (κ3) is 20.6. The van der Waals surface area contributed by atoms with Crippen LogP contribution < -0.4 is 0 Å². The normalized spacial score (nSPS) is 13.6. The highest BCUT2D eigenvalue weighted by Gasteiger charge is 2.32. The first-order chi connectivity index (χ1) is 18.6. The van der Waals surface area contributed by atoms with Crippen LogP contribution in [0.1, 0.15) is 19.3 Å². The Kier molecular flexibility index (Phi) is 23.6. The van der Waals surface area contributed by atoms with Crippen LogP contribution in [-0.2, 0) is 57.1 Å². The van der Waals surface area contributed by atoms with Crippen LogP contribution in [0.2, 0.25) is 0 Å². The van der Waals surface area contributed by atoms with E-state index in [1.807, 2.05) is 0 Å². The summed E-state index contributed by atoms with van der Waals surface area (Å²) in [7, 11) is 0. The van der Waals surface area contributed by atoms with Crippen molar-refractivity contribution in [2.45, 2.75) is 19.3 Å². The number of hydrogen-bond donors (Lipinski definition) is 0. The van der Waals surface area contributed by atoms with Crippen molar-refractivity contribution in [3.63, 3.8) is 0 Å². The van der Waals surface area contributed by atoms with Crippen molar-refractivity contribution in [1.29, 1.82) is 0 Å². The summed E-state index contributed by atoms with van der Waals surface area (Å²) in [5.74, 6) is -0.704. The Bertz CT molecular complexity index is 597. The highest BCUT2D eigenvalue weighted by Crippen LogP contribution is 2.12. The topological polar surface area (TPSA) is 138 Å². The van der Waals surface area contributed by atoms with E-state index in [9.17, 15) is 14.4 Å². The van der Waals surface area contributed by atoms with E-state index in [1.54, 1.807) is 11.8 Å². The molecular weight excluding hydrogens is 526 g/mol. The van der Waals surface area contributed by atoms with Crippen molar-refractivity contribution >= 4 is 29.5 Å². The van der Waals surface area contributed by atoms with Gasteiger partial charge < -0.3 is 42.7 Å². The second-order valence-corrected chi connectivity index (χ2v) is 8.67. The minimum Gasteiger partial charge on any atom is -0.378 e. The van der Waals surface area contributed by atoms with E-state index in [1.165, 1.54) is 0 Å². The smallest absolute Gasteiger partial charge is 0.335 e. The van der Waals surface area contributed by atoms with Crippen LogP contribution in [-0.4, -0.2) is 141 Å². The van der Waals surface area contributed by atoms with Crippen LogP contribution in [0.3, 0.4) is 0 Å². The van der Waals surface area contributed by atoms with E-state index in [2.05, 4.69) is 6.26 Å². The Balaban J connectivity index is 1.69. The zero-order valence-electron chi connectivity index (χ0n) is 22.4. The lowest BCUT2D eigenvalue weighted by atomic mass is 10.4. The fraction of sp³-hybridized carbons (Fsp3) is 0.875. The van der Waals surface area contributed by atoms with Crippen molar-refractivity contribution in [2.75, 3.05) is 118 Å². The summed E-state index contributed by atoms with van der Waals surface area (Å²) in [6.45, 7) is 7.50. The van der Waals surface area contributed by atoms with E-state index in [0.29, 0.717) is 97.6 Å².